The van der Waals surface area contributed by atoms with Gasteiger partial charge in [0.25, 0.3) is 35.4 Å². The molecule has 6 N–H and O–H groups in total. The zero-order valence-corrected chi connectivity index (χ0v) is 48.8. The van der Waals surface area contributed by atoms with Crippen molar-refractivity contribution in [3.63, 3.8) is 0 Å². The van der Waals surface area contributed by atoms with Gasteiger partial charge in [0, 0.05) is 81.3 Å². The summed E-state index contributed by atoms with van der Waals surface area (Å²) in [6, 6.07) is 21.7. The molecule has 4 heterocycles. The predicted octanol–water partition coefficient (Wildman–Crippen LogP) is 4.05. The third kappa shape index (κ3) is 21.9. The van der Waals surface area contributed by atoms with Gasteiger partial charge >= 0.3 is 5.97 Å². The molecule has 22 nitrogen and oxygen atoms in total. The van der Waals surface area contributed by atoms with Crippen molar-refractivity contribution < 1.29 is 57.6 Å². The monoisotopic (exact) mass is 1160 g/mol. The van der Waals surface area contributed by atoms with Crippen LogP contribution in [-0.4, -0.2) is 137 Å². The first-order valence-corrected chi connectivity index (χ1v) is 29.1. The molecular formula is C62H82N10O12. The van der Waals surface area contributed by atoms with Gasteiger partial charge in [0.2, 0.25) is 23.6 Å². The molecule has 3 aromatic rings. The van der Waals surface area contributed by atoms with Crippen LogP contribution in [0.3, 0.4) is 0 Å². The summed E-state index contributed by atoms with van der Waals surface area (Å²) in [5.74, 6) is -3.85. The number of hydrogen-bond acceptors (Lipinski definition) is 16. The lowest BCUT2D eigenvalue weighted by Gasteiger charge is -2.14. The van der Waals surface area contributed by atoms with Crippen LogP contribution in [0.2, 0.25) is 0 Å². The minimum Gasteiger partial charge on any atom is -0.356 e. The number of nitrogens with one attached hydrogen (secondary N) is 6. The molecule has 4 aliphatic heterocycles. The highest BCUT2D eigenvalue weighted by Gasteiger charge is 2.39. The van der Waals surface area contributed by atoms with Gasteiger partial charge in [-0.05, 0) is 171 Å². The Morgan fingerprint density at radius 2 is 0.774 bits per heavy atom. The Hall–Kier alpha value is -8.05. The van der Waals surface area contributed by atoms with E-state index in [4.69, 9.17) is 4.84 Å². The summed E-state index contributed by atoms with van der Waals surface area (Å²) >= 11 is 0. The largest absolute Gasteiger partial charge is 0.356 e. The first-order valence-electron chi connectivity index (χ1n) is 29.1. The molecule has 452 valence electrons. The number of amides is 10. The summed E-state index contributed by atoms with van der Waals surface area (Å²) in [5, 5.41) is 19.4. The Morgan fingerprint density at radius 3 is 1.12 bits per heavy atom. The van der Waals surface area contributed by atoms with Crippen LogP contribution in [0.25, 0.3) is 0 Å². The number of hydrogen-bond donors (Lipinski definition) is 6. The van der Waals surface area contributed by atoms with Crippen molar-refractivity contribution in [3.8, 4) is 0 Å². The third-order valence-electron chi connectivity index (χ3n) is 13.9. The third-order valence-corrected chi connectivity index (χ3v) is 13.9. The highest BCUT2D eigenvalue weighted by molar-refractivity contribution is 6.29. The molecule has 2 unspecified atom stereocenters. The molecule has 10 amide bonds. The van der Waals surface area contributed by atoms with E-state index in [2.05, 4.69) is 31.9 Å². The summed E-state index contributed by atoms with van der Waals surface area (Å²) in [6.07, 6.45) is 14.6. The van der Waals surface area contributed by atoms with Crippen molar-refractivity contribution >= 4 is 82.1 Å². The molecule has 4 aliphatic rings. The number of imide groups is 4. The molecule has 0 aromatic heterocycles. The number of anilines is 3. The first kappa shape index (κ1) is 66.7. The van der Waals surface area contributed by atoms with Gasteiger partial charge in [0.15, 0.2) is 0 Å². The number of benzene rings is 3. The number of rotatable bonds is 32. The van der Waals surface area contributed by atoms with Crippen LogP contribution in [0.1, 0.15) is 108 Å². The molecule has 7 rings (SSSR count). The Morgan fingerprint density at radius 1 is 0.429 bits per heavy atom. The zero-order valence-electron chi connectivity index (χ0n) is 48.8. The normalized spacial score (nSPS) is 16.4. The fraction of sp³-hybridized carbons (Fsp3) is 0.468. The van der Waals surface area contributed by atoms with Crippen molar-refractivity contribution in [1.82, 2.24) is 37.0 Å². The minimum absolute atomic E-state index is 0.0516. The summed E-state index contributed by atoms with van der Waals surface area (Å²) in [6.45, 7) is 10.6. The average molecular weight is 1160 g/mol. The Kier molecular flexibility index (Phi) is 28.5. The Balaban J connectivity index is 0.000000231. The average Bonchev–Trinajstić information content (AvgIpc) is 4.38. The summed E-state index contributed by atoms with van der Waals surface area (Å²) < 4.78 is 0. The van der Waals surface area contributed by atoms with E-state index >= 15 is 0 Å². The van der Waals surface area contributed by atoms with Crippen molar-refractivity contribution in [2.75, 3.05) is 81.2 Å². The molecule has 0 bridgehead atoms. The van der Waals surface area contributed by atoms with Crippen molar-refractivity contribution in [2.45, 2.75) is 110 Å². The van der Waals surface area contributed by atoms with E-state index in [1.54, 1.807) is 50.2 Å². The summed E-state index contributed by atoms with van der Waals surface area (Å²) in [7, 11) is 3.89. The maximum Gasteiger partial charge on any atom is 0.333 e. The van der Waals surface area contributed by atoms with Gasteiger partial charge in [0.05, 0.1) is 17.1 Å². The van der Waals surface area contributed by atoms with E-state index in [9.17, 15) is 52.7 Å². The topological polar surface area (TPSA) is 282 Å². The fourth-order valence-corrected chi connectivity index (χ4v) is 9.23. The Bertz CT molecular complexity index is 2770. The quantitative estimate of drug-likeness (QED) is 0.0380. The molecule has 0 spiro atoms. The molecule has 2 fully saturated rings. The van der Waals surface area contributed by atoms with Crippen LogP contribution in [0.4, 0.5) is 17.1 Å². The molecule has 0 saturated carbocycles. The Labute approximate surface area is 491 Å². The lowest BCUT2D eigenvalue weighted by Crippen LogP contribution is -2.33. The number of nitrogens with zero attached hydrogens (tertiary/aromatic N) is 4. The number of carbonyl (C=O) groups excluding carboxylic acids is 11. The van der Waals surface area contributed by atoms with Gasteiger partial charge in [-0.3, -0.25) is 52.8 Å². The molecule has 0 radical (unpaired) electrons. The number of hydroxylamine groups is 2. The van der Waals surface area contributed by atoms with Crippen LogP contribution in [0, 0.1) is 11.8 Å². The lowest BCUT2D eigenvalue weighted by atomic mass is 10.1. The molecule has 84 heavy (non-hydrogen) atoms. The van der Waals surface area contributed by atoms with Crippen molar-refractivity contribution in [3.05, 3.63) is 114 Å². The SMILES string of the molecule is CC1CC(=O)N(OC(=O)CCCc2ccc(N3C(=O)C=CC3=O)cc2)C1=O.CNCCCNCCCNC(=O)CCCc1ccc(N2C(=O)C=CC2=O)cc1.CNCCCNCCCNC(=O)CCCc1ccc(N2C(=O)CC(C)C2=O)cc1. The van der Waals surface area contributed by atoms with Crippen LogP contribution in [0.15, 0.2) is 97.1 Å². The summed E-state index contributed by atoms with van der Waals surface area (Å²) in [5.41, 5.74) is 4.78. The zero-order chi connectivity index (χ0) is 60.8. The van der Waals surface area contributed by atoms with Gasteiger partial charge in [-0.25, -0.2) is 14.6 Å². The van der Waals surface area contributed by atoms with E-state index in [0.717, 1.165) is 117 Å². The molecule has 0 aliphatic carbocycles. The molecule has 2 saturated heterocycles. The highest BCUT2D eigenvalue weighted by atomic mass is 16.7. The number of aryl methyl sites for hydroxylation is 3. The fourth-order valence-electron chi connectivity index (χ4n) is 9.23. The summed E-state index contributed by atoms with van der Waals surface area (Å²) in [4.78, 5) is 138. The van der Waals surface area contributed by atoms with Gasteiger partial charge < -0.3 is 36.7 Å². The first-order chi connectivity index (χ1) is 40.5. The van der Waals surface area contributed by atoms with Gasteiger partial charge in [-0.1, -0.05) is 50.2 Å². The second-order valence-electron chi connectivity index (χ2n) is 20.8. The second kappa shape index (κ2) is 35.8. The minimum atomic E-state index is -0.637. The lowest BCUT2D eigenvalue weighted by molar-refractivity contribution is -0.198. The van der Waals surface area contributed by atoms with Gasteiger partial charge in [0.1, 0.15) is 0 Å². The van der Waals surface area contributed by atoms with Crippen molar-refractivity contribution in [1.29, 1.82) is 0 Å². The smallest absolute Gasteiger partial charge is 0.333 e. The second-order valence-corrected chi connectivity index (χ2v) is 20.8. The van der Waals surface area contributed by atoms with E-state index in [0.29, 0.717) is 60.9 Å². The molecule has 22 heteroatoms. The van der Waals surface area contributed by atoms with E-state index < -0.39 is 23.7 Å². The molecular weight excluding hydrogens is 1080 g/mol. The van der Waals surface area contributed by atoms with E-state index in [-0.39, 0.29) is 72.4 Å². The maximum absolute atomic E-state index is 12.1. The highest BCUT2D eigenvalue weighted by Crippen LogP contribution is 2.27. The van der Waals surface area contributed by atoms with Crippen molar-refractivity contribution in [2.24, 2.45) is 11.8 Å². The molecule has 3 aromatic carbocycles. The van der Waals surface area contributed by atoms with Crippen LogP contribution < -0.4 is 46.6 Å². The standard InChI is InChI=1S/C22H34N4O3.C21H30N4O3.C19H18N2O6/c1-17-16-21(28)26(22(17)29)19-10-8-18(9-11-19)6-3-7-20(27)25-15-5-14-24-13-4-12-23-2;1-22-13-3-14-23-15-4-16-24-19(26)6-2-5-17-7-9-18(10-8-17)25-20(27)11-12-21(25)28;1-12-11-17(24)21(19(12)26)27-18(25)4-2-3-13-5-7-14(8-6-13)20-15(22)9-10-16(20)23/h8-11,17,23-24H,3-7,12-16H2,1-2H3,(H,25,27);7-12,22-23H,2-6,13-16H2,1H3,(H,24,26);5-10,12H,2-4,11H2,1H3. The van der Waals surface area contributed by atoms with Crippen LogP contribution in [0.5, 0.6) is 0 Å². The predicted molar refractivity (Wildman–Crippen MR) is 317 cm³/mol. The van der Waals surface area contributed by atoms with E-state index in [1.807, 2.05) is 50.5 Å². The van der Waals surface area contributed by atoms with Crippen LogP contribution in [-0.2, 0) is 76.8 Å². The number of carbonyl (C=O) groups is 11. The molecule has 2 atom stereocenters. The van der Waals surface area contributed by atoms with E-state index in [1.165, 1.54) is 29.2 Å². The van der Waals surface area contributed by atoms with Gasteiger partial charge in [-0.15, -0.1) is 5.06 Å². The van der Waals surface area contributed by atoms with Gasteiger partial charge in [-0.2, -0.15) is 0 Å². The maximum atomic E-state index is 12.1. The van der Waals surface area contributed by atoms with Crippen LogP contribution >= 0.6 is 0 Å².